The summed E-state index contributed by atoms with van der Waals surface area (Å²) in [4.78, 5) is 17.8. The van der Waals surface area contributed by atoms with Crippen molar-refractivity contribution in [2.24, 2.45) is 0 Å². The standard InChI is InChI=1S/C15H20N2O2/c1-4-17(5-2)12-6-7-13(3)19-15(18)14-8-10-16-11-9-14/h8-11,13H,4-5,12H2,1-3H3. The second-order valence-corrected chi connectivity index (χ2v) is 4.07. The molecular formula is C15H20N2O2. The lowest BCUT2D eigenvalue weighted by Crippen LogP contribution is -2.23. The number of nitrogens with zero attached hydrogens (tertiary/aromatic N) is 2. The summed E-state index contributed by atoms with van der Waals surface area (Å²) < 4.78 is 5.23. The first-order valence-electron chi connectivity index (χ1n) is 6.49. The zero-order chi connectivity index (χ0) is 14.1. The van der Waals surface area contributed by atoms with Crippen molar-refractivity contribution in [1.82, 2.24) is 9.88 Å². The van der Waals surface area contributed by atoms with Crippen LogP contribution < -0.4 is 0 Å². The molecule has 1 unspecified atom stereocenters. The molecule has 1 aromatic heterocycles. The first kappa shape index (κ1) is 15.2. The van der Waals surface area contributed by atoms with E-state index in [1.165, 1.54) is 0 Å². The molecule has 0 fully saturated rings. The highest BCUT2D eigenvalue weighted by Crippen LogP contribution is 2.01. The van der Waals surface area contributed by atoms with Crippen molar-refractivity contribution in [3.05, 3.63) is 30.1 Å². The van der Waals surface area contributed by atoms with Crippen LogP contribution >= 0.6 is 0 Å². The predicted octanol–water partition coefficient (Wildman–Crippen LogP) is 1.97. The lowest BCUT2D eigenvalue weighted by molar-refractivity contribution is 0.0438. The highest BCUT2D eigenvalue weighted by Gasteiger charge is 2.09. The Kier molecular flexibility index (Phi) is 6.62. The molecule has 4 heteroatoms. The van der Waals surface area contributed by atoms with E-state index in [1.807, 2.05) is 0 Å². The van der Waals surface area contributed by atoms with Crippen molar-refractivity contribution in [1.29, 1.82) is 0 Å². The number of ether oxygens (including phenoxy) is 1. The number of carbonyl (C=O) groups is 1. The first-order chi connectivity index (χ1) is 9.17. The number of pyridine rings is 1. The molecule has 0 saturated heterocycles. The van der Waals surface area contributed by atoms with E-state index in [0.29, 0.717) is 12.1 Å². The Labute approximate surface area is 114 Å². The molecule has 0 aliphatic rings. The third-order valence-electron chi connectivity index (χ3n) is 2.70. The fourth-order valence-corrected chi connectivity index (χ4v) is 1.49. The van der Waals surface area contributed by atoms with Crippen LogP contribution in [0.2, 0.25) is 0 Å². The number of rotatable bonds is 5. The predicted molar refractivity (Wildman–Crippen MR) is 74.7 cm³/mol. The maximum Gasteiger partial charge on any atom is 0.339 e. The Morgan fingerprint density at radius 3 is 2.58 bits per heavy atom. The summed E-state index contributed by atoms with van der Waals surface area (Å²) in [6, 6.07) is 3.25. The zero-order valence-corrected chi connectivity index (χ0v) is 11.7. The van der Waals surface area contributed by atoms with Crippen LogP contribution in [-0.4, -0.2) is 41.6 Å². The smallest absolute Gasteiger partial charge is 0.339 e. The Hall–Kier alpha value is -1.86. The van der Waals surface area contributed by atoms with Crippen LogP contribution in [0.1, 0.15) is 31.1 Å². The Balaban J connectivity index is 2.45. The molecule has 102 valence electrons. The molecule has 0 amide bonds. The largest absolute Gasteiger partial charge is 0.446 e. The van der Waals surface area contributed by atoms with E-state index in [-0.39, 0.29) is 5.97 Å². The van der Waals surface area contributed by atoms with Gasteiger partial charge in [0.1, 0.15) is 0 Å². The van der Waals surface area contributed by atoms with Crippen molar-refractivity contribution in [2.75, 3.05) is 19.6 Å². The van der Waals surface area contributed by atoms with Crippen LogP contribution in [0.4, 0.5) is 0 Å². The first-order valence-corrected chi connectivity index (χ1v) is 6.49. The second-order valence-electron chi connectivity index (χ2n) is 4.07. The third-order valence-corrected chi connectivity index (χ3v) is 2.70. The van der Waals surface area contributed by atoms with E-state index in [2.05, 4.69) is 35.6 Å². The van der Waals surface area contributed by atoms with Crippen molar-refractivity contribution >= 4 is 5.97 Å². The van der Waals surface area contributed by atoms with Crippen LogP contribution in [0.15, 0.2) is 24.5 Å². The minimum absolute atomic E-state index is 0.368. The van der Waals surface area contributed by atoms with Gasteiger partial charge in [-0.1, -0.05) is 25.7 Å². The number of esters is 1. The van der Waals surface area contributed by atoms with Crippen LogP contribution in [-0.2, 0) is 4.74 Å². The molecule has 1 atom stereocenters. The average molecular weight is 260 g/mol. The minimum atomic E-state index is -0.406. The molecule has 1 heterocycles. The third kappa shape index (κ3) is 5.54. The topological polar surface area (TPSA) is 42.4 Å². The second kappa shape index (κ2) is 8.28. The zero-order valence-electron chi connectivity index (χ0n) is 11.7. The summed E-state index contributed by atoms with van der Waals surface area (Å²) in [6.45, 7) is 8.60. The van der Waals surface area contributed by atoms with Gasteiger partial charge >= 0.3 is 5.97 Å². The normalized spacial score (nSPS) is 11.6. The van der Waals surface area contributed by atoms with Gasteiger partial charge in [0.25, 0.3) is 0 Å². The van der Waals surface area contributed by atoms with Crippen LogP contribution in [0.25, 0.3) is 0 Å². The van der Waals surface area contributed by atoms with Gasteiger partial charge in [0.15, 0.2) is 6.10 Å². The van der Waals surface area contributed by atoms with E-state index in [1.54, 1.807) is 31.5 Å². The van der Waals surface area contributed by atoms with Crippen molar-refractivity contribution in [3.63, 3.8) is 0 Å². The molecule has 0 spiro atoms. The lowest BCUT2D eigenvalue weighted by Gasteiger charge is -2.13. The van der Waals surface area contributed by atoms with Gasteiger partial charge < -0.3 is 4.74 Å². The van der Waals surface area contributed by atoms with Gasteiger partial charge in [-0.3, -0.25) is 9.88 Å². The molecule has 19 heavy (non-hydrogen) atoms. The van der Waals surface area contributed by atoms with E-state index in [4.69, 9.17) is 4.74 Å². The van der Waals surface area contributed by atoms with Gasteiger partial charge in [0.2, 0.25) is 0 Å². The summed E-state index contributed by atoms with van der Waals surface area (Å²) in [5.41, 5.74) is 0.493. The van der Waals surface area contributed by atoms with Gasteiger partial charge in [0, 0.05) is 12.4 Å². The summed E-state index contributed by atoms with van der Waals surface area (Å²) >= 11 is 0. The quantitative estimate of drug-likeness (QED) is 0.599. The number of hydrogen-bond donors (Lipinski definition) is 0. The van der Waals surface area contributed by atoms with E-state index < -0.39 is 6.10 Å². The number of hydrogen-bond acceptors (Lipinski definition) is 4. The average Bonchev–Trinajstić information content (AvgIpc) is 2.44. The highest BCUT2D eigenvalue weighted by molar-refractivity contribution is 5.89. The minimum Gasteiger partial charge on any atom is -0.446 e. The maximum atomic E-state index is 11.7. The molecular weight excluding hydrogens is 240 g/mol. The van der Waals surface area contributed by atoms with Crippen molar-refractivity contribution < 1.29 is 9.53 Å². The summed E-state index contributed by atoms with van der Waals surface area (Å²) in [7, 11) is 0. The SMILES string of the molecule is CCN(CC)CC#CC(C)OC(=O)c1ccncc1. The summed E-state index contributed by atoms with van der Waals surface area (Å²) in [5.74, 6) is 5.59. The van der Waals surface area contributed by atoms with E-state index >= 15 is 0 Å². The molecule has 0 bridgehead atoms. The summed E-state index contributed by atoms with van der Waals surface area (Å²) in [5, 5.41) is 0. The molecule has 1 aromatic rings. The monoisotopic (exact) mass is 260 g/mol. The van der Waals surface area contributed by atoms with Gasteiger partial charge in [-0.25, -0.2) is 4.79 Å². The number of aromatic nitrogens is 1. The van der Waals surface area contributed by atoms with Crippen LogP contribution in [0, 0.1) is 11.8 Å². The Bertz CT molecular complexity index is 444. The van der Waals surface area contributed by atoms with Gasteiger partial charge in [0.05, 0.1) is 12.1 Å². The van der Waals surface area contributed by atoms with E-state index in [0.717, 1.165) is 13.1 Å². The van der Waals surface area contributed by atoms with Gasteiger partial charge in [-0.15, -0.1) is 0 Å². The Morgan fingerprint density at radius 1 is 1.37 bits per heavy atom. The molecule has 0 saturated carbocycles. The number of carbonyl (C=O) groups excluding carboxylic acids is 1. The molecule has 1 rings (SSSR count). The summed E-state index contributed by atoms with van der Waals surface area (Å²) in [6.07, 6.45) is 2.72. The molecule has 0 radical (unpaired) electrons. The van der Waals surface area contributed by atoms with E-state index in [9.17, 15) is 4.79 Å². The molecule has 0 aliphatic heterocycles. The molecule has 4 nitrogen and oxygen atoms in total. The molecule has 0 aliphatic carbocycles. The van der Waals surface area contributed by atoms with Gasteiger partial charge in [-0.2, -0.15) is 0 Å². The Morgan fingerprint density at radius 2 is 2.00 bits per heavy atom. The van der Waals surface area contributed by atoms with Crippen molar-refractivity contribution in [2.45, 2.75) is 26.9 Å². The fraction of sp³-hybridized carbons (Fsp3) is 0.467. The fourth-order valence-electron chi connectivity index (χ4n) is 1.49. The molecule has 0 aromatic carbocycles. The van der Waals surface area contributed by atoms with Crippen LogP contribution in [0.5, 0.6) is 0 Å². The molecule has 0 N–H and O–H groups in total. The lowest BCUT2D eigenvalue weighted by atomic mass is 10.3. The van der Waals surface area contributed by atoms with Gasteiger partial charge in [-0.05, 0) is 32.1 Å². The van der Waals surface area contributed by atoms with Crippen molar-refractivity contribution in [3.8, 4) is 11.8 Å². The van der Waals surface area contributed by atoms with Crippen LogP contribution in [0.3, 0.4) is 0 Å². The highest BCUT2D eigenvalue weighted by atomic mass is 16.5. The maximum absolute atomic E-state index is 11.7.